The number of hydrogen-bond acceptors (Lipinski definition) is 3. The molecule has 2 rings (SSSR count). The average Bonchev–Trinajstić information content (AvgIpc) is 2.41. The summed E-state index contributed by atoms with van der Waals surface area (Å²) in [5, 5.41) is 3.45. The van der Waals surface area contributed by atoms with Gasteiger partial charge < -0.3 is 4.74 Å². The summed E-state index contributed by atoms with van der Waals surface area (Å²) in [6.45, 7) is 6.34. The van der Waals surface area contributed by atoms with Crippen LogP contribution < -0.4 is 5.32 Å². The Hall–Kier alpha value is -1.35. The molecule has 2 unspecified atom stereocenters. The molecule has 0 aromatic heterocycles. The molecule has 0 radical (unpaired) electrons. The molecule has 0 aliphatic heterocycles. The van der Waals surface area contributed by atoms with E-state index in [1.54, 1.807) is 0 Å². The third kappa shape index (κ3) is 2.39. The average molecular weight is 261 g/mol. The summed E-state index contributed by atoms with van der Waals surface area (Å²) in [5.74, 6) is 0.309. The quantitative estimate of drug-likeness (QED) is 0.850. The Balaban J connectivity index is 2.56. The molecular formula is C16H23NO2. The molecule has 0 saturated heterocycles. The fraction of sp³-hybridized carbons (Fsp3) is 0.562. The molecule has 1 aliphatic carbocycles. The van der Waals surface area contributed by atoms with Gasteiger partial charge >= 0.3 is 5.97 Å². The van der Waals surface area contributed by atoms with Crippen molar-refractivity contribution >= 4 is 5.97 Å². The molecule has 0 spiro atoms. The normalized spacial score (nSPS) is 26.1. The number of rotatable bonds is 3. The van der Waals surface area contributed by atoms with E-state index in [1.165, 1.54) is 12.7 Å². The van der Waals surface area contributed by atoms with Gasteiger partial charge in [-0.25, -0.2) is 4.79 Å². The fourth-order valence-corrected chi connectivity index (χ4v) is 3.13. The third-order valence-electron chi connectivity index (χ3n) is 3.97. The minimum absolute atomic E-state index is 0.180. The molecule has 0 amide bonds. The molecule has 1 aliphatic rings. The minimum atomic E-state index is -0.688. The van der Waals surface area contributed by atoms with Crippen LogP contribution in [0.5, 0.6) is 0 Å². The van der Waals surface area contributed by atoms with Crippen molar-refractivity contribution < 1.29 is 9.53 Å². The number of benzene rings is 1. The fourth-order valence-electron chi connectivity index (χ4n) is 3.13. The third-order valence-corrected chi connectivity index (χ3v) is 3.97. The van der Waals surface area contributed by atoms with Crippen molar-refractivity contribution in [1.29, 1.82) is 0 Å². The van der Waals surface area contributed by atoms with Crippen LogP contribution in [0.4, 0.5) is 0 Å². The smallest absolute Gasteiger partial charge is 0.330 e. The van der Waals surface area contributed by atoms with Crippen LogP contribution in [0.25, 0.3) is 0 Å². The Kier molecular flexibility index (Phi) is 3.95. The van der Waals surface area contributed by atoms with Crippen LogP contribution in [-0.4, -0.2) is 19.1 Å². The zero-order valence-corrected chi connectivity index (χ0v) is 12.2. The van der Waals surface area contributed by atoms with Crippen LogP contribution in [0.15, 0.2) is 24.3 Å². The van der Waals surface area contributed by atoms with Crippen molar-refractivity contribution in [3.05, 3.63) is 35.4 Å². The van der Waals surface area contributed by atoms with Gasteiger partial charge in [-0.1, -0.05) is 31.2 Å². The van der Waals surface area contributed by atoms with Crippen molar-refractivity contribution in [1.82, 2.24) is 5.32 Å². The largest absolute Gasteiger partial charge is 0.467 e. The molecule has 0 heterocycles. The predicted octanol–water partition coefficient (Wildman–Crippen LogP) is 2.95. The molecule has 0 fully saturated rings. The van der Waals surface area contributed by atoms with Gasteiger partial charge in [0, 0.05) is 6.04 Å². The van der Waals surface area contributed by atoms with E-state index in [2.05, 4.69) is 38.2 Å². The Labute approximate surface area is 115 Å². The van der Waals surface area contributed by atoms with Gasteiger partial charge in [0.1, 0.15) is 5.54 Å². The lowest BCUT2D eigenvalue weighted by molar-refractivity contribution is -0.150. The second kappa shape index (κ2) is 5.33. The van der Waals surface area contributed by atoms with Gasteiger partial charge in [-0.3, -0.25) is 5.32 Å². The highest BCUT2D eigenvalue weighted by Gasteiger charge is 2.46. The molecule has 0 bridgehead atoms. The van der Waals surface area contributed by atoms with Crippen LogP contribution in [0.1, 0.15) is 50.7 Å². The van der Waals surface area contributed by atoms with E-state index in [4.69, 9.17) is 4.74 Å². The number of ether oxygens (including phenoxy) is 1. The highest BCUT2D eigenvalue weighted by molar-refractivity contribution is 5.83. The van der Waals surface area contributed by atoms with Gasteiger partial charge in [0.25, 0.3) is 0 Å². The number of methoxy groups -OCH3 is 1. The Morgan fingerprint density at radius 1 is 1.42 bits per heavy atom. The second-order valence-electron chi connectivity index (χ2n) is 5.72. The maximum Gasteiger partial charge on any atom is 0.330 e. The minimum Gasteiger partial charge on any atom is -0.467 e. The molecule has 1 aromatic rings. The lowest BCUT2D eigenvalue weighted by Gasteiger charge is -2.41. The van der Waals surface area contributed by atoms with E-state index in [9.17, 15) is 4.79 Å². The van der Waals surface area contributed by atoms with Crippen molar-refractivity contribution in [3.8, 4) is 0 Å². The standard InChI is InChI=1S/C16H23NO2/c1-11(2)17-16(15(18)19-4)10-9-12(3)13-7-5-6-8-14(13)16/h5-8,11-12,17H,9-10H2,1-4H3. The Morgan fingerprint density at radius 3 is 2.74 bits per heavy atom. The highest BCUT2D eigenvalue weighted by Crippen LogP contribution is 2.42. The molecule has 19 heavy (non-hydrogen) atoms. The molecular weight excluding hydrogens is 238 g/mol. The van der Waals surface area contributed by atoms with Gasteiger partial charge in [-0.05, 0) is 43.7 Å². The SMILES string of the molecule is COC(=O)C1(NC(C)C)CCC(C)c2ccccc21. The Morgan fingerprint density at radius 2 is 2.11 bits per heavy atom. The molecule has 0 saturated carbocycles. The van der Waals surface area contributed by atoms with Gasteiger partial charge in [0.2, 0.25) is 0 Å². The van der Waals surface area contributed by atoms with Gasteiger partial charge in [-0.2, -0.15) is 0 Å². The summed E-state index contributed by atoms with van der Waals surface area (Å²) in [7, 11) is 1.47. The molecule has 2 atom stereocenters. The van der Waals surface area contributed by atoms with Crippen molar-refractivity contribution in [3.63, 3.8) is 0 Å². The van der Waals surface area contributed by atoms with E-state index in [0.717, 1.165) is 18.4 Å². The molecule has 1 aromatic carbocycles. The van der Waals surface area contributed by atoms with E-state index in [-0.39, 0.29) is 12.0 Å². The Bertz CT molecular complexity index is 470. The monoisotopic (exact) mass is 261 g/mol. The van der Waals surface area contributed by atoms with Crippen LogP contribution in [0.2, 0.25) is 0 Å². The lowest BCUT2D eigenvalue weighted by Crippen LogP contribution is -2.54. The summed E-state index contributed by atoms with van der Waals surface area (Å²) in [5.41, 5.74) is 1.65. The maximum absolute atomic E-state index is 12.4. The van der Waals surface area contributed by atoms with Crippen molar-refractivity contribution in [2.45, 2.75) is 51.1 Å². The van der Waals surface area contributed by atoms with Crippen LogP contribution in [0, 0.1) is 0 Å². The maximum atomic E-state index is 12.4. The van der Waals surface area contributed by atoms with Crippen LogP contribution in [-0.2, 0) is 15.1 Å². The first-order valence-electron chi connectivity index (χ1n) is 6.97. The van der Waals surface area contributed by atoms with E-state index in [1.807, 2.05) is 12.1 Å². The van der Waals surface area contributed by atoms with Crippen molar-refractivity contribution in [2.24, 2.45) is 0 Å². The molecule has 3 nitrogen and oxygen atoms in total. The van der Waals surface area contributed by atoms with E-state index >= 15 is 0 Å². The summed E-state index contributed by atoms with van der Waals surface area (Å²) in [6, 6.07) is 8.44. The van der Waals surface area contributed by atoms with Gasteiger partial charge in [-0.15, -0.1) is 0 Å². The number of hydrogen-bond donors (Lipinski definition) is 1. The molecule has 104 valence electrons. The van der Waals surface area contributed by atoms with Crippen LogP contribution >= 0.6 is 0 Å². The number of carbonyl (C=O) groups excluding carboxylic acids is 1. The van der Waals surface area contributed by atoms with E-state index < -0.39 is 5.54 Å². The van der Waals surface area contributed by atoms with Crippen molar-refractivity contribution in [2.75, 3.05) is 7.11 Å². The number of nitrogens with one attached hydrogen (secondary N) is 1. The van der Waals surface area contributed by atoms with E-state index in [0.29, 0.717) is 5.92 Å². The highest BCUT2D eigenvalue weighted by atomic mass is 16.5. The zero-order chi connectivity index (χ0) is 14.0. The summed E-state index contributed by atoms with van der Waals surface area (Å²) >= 11 is 0. The summed E-state index contributed by atoms with van der Waals surface area (Å²) < 4.78 is 5.08. The summed E-state index contributed by atoms with van der Waals surface area (Å²) in [6.07, 6.45) is 1.78. The number of fused-ring (bicyclic) bond motifs is 1. The lowest BCUT2D eigenvalue weighted by atomic mass is 9.72. The molecule has 1 N–H and O–H groups in total. The van der Waals surface area contributed by atoms with Gasteiger partial charge in [0.15, 0.2) is 0 Å². The summed E-state index contributed by atoms with van der Waals surface area (Å²) in [4.78, 5) is 12.4. The predicted molar refractivity (Wildman–Crippen MR) is 76.1 cm³/mol. The van der Waals surface area contributed by atoms with Crippen LogP contribution in [0.3, 0.4) is 0 Å². The first-order chi connectivity index (χ1) is 9.01. The second-order valence-corrected chi connectivity index (χ2v) is 5.72. The van der Waals surface area contributed by atoms with Gasteiger partial charge in [0.05, 0.1) is 7.11 Å². The zero-order valence-electron chi connectivity index (χ0n) is 12.2. The first-order valence-corrected chi connectivity index (χ1v) is 6.97. The topological polar surface area (TPSA) is 38.3 Å². The molecule has 3 heteroatoms. The first kappa shape index (κ1) is 14.1. The number of esters is 1. The number of carbonyl (C=O) groups is 1.